The first kappa shape index (κ1) is 16.3. The number of carbonyl (C=O) groups is 2. The van der Waals surface area contributed by atoms with Gasteiger partial charge in [0.15, 0.2) is 0 Å². The van der Waals surface area contributed by atoms with Crippen LogP contribution in [0.4, 0.5) is 0 Å². The van der Waals surface area contributed by atoms with Gasteiger partial charge in [0, 0.05) is 5.56 Å². The molecule has 2 amide bonds. The second kappa shape index (κ2) is 6.37. The highest BCUT2D eigenvalue weighted by molar-refractivity contribution is 6.39. The third-order valence-corrected chi connectivity index (χ3v) is 3.69. The molecule has 1 aromatic carbocycles. The van der Waals surface area contributed by atoms with Crippen LogP contribution in [0.3, 0.4) is 0 Å². The Labute approximate surface area is 136 Å². The number of aromatic nitrogens is 1. The maximum Gasteiger partial charge on any atom is 0.257 e. The molecule has 6 nitrogen and oxygen atoms in total. The Bertz CT molecular complexity index is 723. The van der Waals surface area contributed by atoms with Crippen molar-refractivity contribution in [1.82, 2.24) is 10.5 Å². The molecule has 0 saturated heterocycles. The number of aryl methyl sites for hydroxylation is 1. The minimum absolute atomic E-state index is 0.156. The highest BCUT2D eigenvalue weighted by Crippen LogP contribution is 2.36. The topological polar surface area (TPSA) is 98.2 Å². The molecule has 0 radical (unpaired) electrons. The van der Waals surface area contributed by atoms with Crippen LogP contribution >= 0.6 is 23.2 Å². The zero-order valence-corrected chi connectivity index (χ0v) is 13.3. The number of primary amides is 1. The standard InChI is InChI=1S/C14H13Cl2N3O3/c1-6(13(17)20)18-14(21)10-7(2)22-19-12(10)11-8(15)4-3-5-9(11)16/h3-6H,1-2H3,(H2,17,20)(H,18,21). The van der Waals surface area contributed by atoms with Crippen molar-refractivity contribution in [2.24, 2.45) is 5.73 Å². The highest BCUT2D eigenvalue weighted by Gasteiger charge is 2.26. The van der Waals surface area contributed by atoms with Crippen molar-refractivity contribution >= 4 is 35.0 Å². The molecule has 0 aliphatic carbocycles. The zero-order chi connectivity index (χ0) is 16.4. The van der Waals surface area contributed by atoms with E-state index >= 15 is 0 Å². The van der Waals surface area contributed by atoms with E-state index < -0.39 is 17.9 Å². The molecule has 0 aliphatic heterocycles. The van der Waals surface area contributed by atoms with Gasteiger partial charge in [0.2, 0.25) is 5.91 Å². The summed E-state index contributed by atoms with van der Waals surface area (Å²) in [5.41, 5.74) is 5.89. The molecule has 1 atom stereocenters. The largest absolute Gasteiger partial charge is 0.368 e. The van der Waals surface area contributed by atoms with Gasteiger partial charge in [0.05, 0.1) is 10.0 Å². The number of rotatable bonds is 4. The number of benzene rings is 1. The quantitative estimate of drug-likeness (QED) is 0.892. The van der Waals surface area contributed by atoms with Gasteiger partial charge < -0.3 is 15.6 Å². The van der Waals surface area contributed by atoms with E-state index in [1.165, 1.54) is 6.92 Å². The number of halogens is 2. The second-order valence-electron chi connectivity index (χ2n) is 4.66. The van der Waals surface area contributed by atoms with Crippen LogP contribution in [0.15, 0.2) is 22.7 Å². The normalized spacial score (nSPS) is 12.0. The smallest absolute Gasteiger partial charge is 0.257 e. The SMILES string of the molecule is Cc1onc(-c2c(Cl)cccc2Cl)c1C(=O)NC(C)C(N)=O. The van der Waals surface area contributed by atoms with E-state index in [1.807, 2.05) is 0 Å². The average molecular weight is 342 g/mol. The van der Waals surface area contributed by atoms with Crippen LogP contribution in [0, 0.1) is 6.92 Å². The first-order chi connectivity index (χ1) is 10.3. The summed E-state index contributed by atoms with van der Waals surface area (Å²) >= 11 is 12.3. The van der Waals surface area contributed by atoms with Gasteiger partial charge in [-0.2, -0.15) is 0 Å². The van der Waals surface area contributed by atoms with E-state index in [0.29, 0.717) is 15.6 Å². The molecule has 1 heterocycles. The Morgan fingerprint density at radius 2 is 1.91 bits per heavy atom. The summed E-state index contributed by atoms with van der Waals surface area (Å²) in [5.74, 6) is -0.920. The fraction of sp³-hybridized carbons (Fsp3) is 0.214. The number of carbonyl (C=O) groups excluding carboxylic acids is 2. The van der Waals surface area contributed by atoms with Crippen molar-refractivity contribution < 1.29 is 14.1 Å². The first-order valence-corrected chi connectivity index (χ1v) is 7.09. The molecule has 22 heavy (non-hydrogen) atoms. The summed E-state index contributed by atoms with van der Waals surface area (Å²) in [5, 5.41) is 6.99. The fourth-order valence-electron chi connectivity index (χ4n) is 1.87. The Hall–Kier alpha value is -2.05. The lowest BCUT2D eigenvalue weighted by molar-refractivity contribution is -0.119. The van der Waals surface area contributed by atoms with Crippen LogP contribution in [0.2, 0.25) is 10.0 Å². The van der Waals surface area contributed by atoms with E-state index in [2.05, 4.69) is 10.5 Å². The van der Waals surface area contributed by atoms with Crippen LogP contribution in [0.1, 0.15) is 23.0 Å². The predicted molar refractivity (Wildman–Crippen MR) is 82.8 cm³/mol. The Morgan fingerprint density at radius 1 is 1.32 bits per heavy atom. The van der Waals surface area contributed by atoms with Crippen molar-refractivity contribution in [3.63, 3.8) is 0 Å². The number of hydrogen-bond donors (Lipinski definition) is 2. The monoisotopic (exact) mass is 341 g/mol. The van der Waals surface area contributed by atoms with Crippen LogP contribution in [0.5, 0.6) is 0 Å². The Balaban J connectivity index is 2.49. The molecule has 0 saturated carbocycles. The molecule has 0 aliphatic rings. The predicted octanol–water partition coefficient (Wildman–Crippen LogP) is 2.56. The molecule has 116 valence electrons. The van der Waals surface area contributed by atoms with Crippen molar-refractivity contribution in [2.75, 3.05) is 0 Å². The summed E-state index contributed by atoms with van der Waals surface area (Å²) < 4.78 is 5.08. The molecular formula is C14H13Cl2N3O3. The zero-order valence-electron chi connectivity index (χ0n) is 11.8. The summed E-state index contributed by atoms with van der Waals surface area (Å²) in [7, 11) is 0. The van der Waals surface area contributed by atoms with Gasteiger partial charge in [-0.15, -0.1) is 0 Å². The summed E-state index contributed by atoms with van der Waals surface area (Å²) in [6.07, 6.45) is 0. The van der Waals surface area contributed by atoms with Crippen molar-refractivity contribution in [2.45, 2.75) is 19.9 Å². The molecule has 2 rings (SSSR count). The minimum atomic E-state index is -0.837. The number of nitrogens with zero attached hydrogens (tertiary/aromatic N) is 1. The van der Waals surface area contributed by atoms with Gasteiger partial charge in [-0.05, 0) is 26.0 Å². The van der Waals surface area contributed by atoms with Gasteiger partial charge in [0.1, 0.15) is 23.1 Å². The van der Waals surface area contributed by atoms with Gasteiger partial charge in [0.25, 0.3) is 5.91 Å². The second-order valence-corrected chi connectivity index (χ2v) is 5.47. The summed E-state index contributed by atoms with van der Waals surface area (Å²) in [6.45, 7) is 3.05. The first-order valence-electron chi connectivity index (χ1n) is 6.33. The molecule has 2 aromatic rings. The third-order valence-electron chi connectivity index (χ3n) is 3.06. The van der Waals surface area contributed by atoms with Gasteiger partial charge in [-0.3, -0.25) is 9.59 Å². The van der Waals surface area contributed by atoms with E-state index in [4.69, 9.17) is 33.5 Å². The minimum Gasteiger partial charge on any atom is -0.368 e. The number of amides is 2. The number of nitrogens with two attached hydrogens (primary N) is 1. The van der Waals surface area contributed by atoms with E-state index in [9.17, 15) is 9.59 Å². The van der Waals surface area contributed by atoms with Gasteiger partial charge in [-0.1, -0.05) is 34.4 Å². The Kier molecular flexibility index (Phi) is 4.73. The molecule has 0 bridgehead atoms. The molecular weight excluding hydrogens is 329 g/mol. The number of nitrogens with one attached hydrogen (secondary N) is 1. The third kappa shape index (κ3) is 3.08. The molecule has 1 aromatic heterocycles. The van der Waals surface area contributed by atoms with Gasteiger partial charge >= 0.3 is 0 Å². The van der Waals surface area contributed by atoms with E-state index in [0.717, 1.165) is 0 Å². The lowest BCUT2D eigenvalue weighted by Crippen LogP contribution is -2.42. The number of hydrogen-bond acceptors (Lipinski definition) is 4. The molecule has 3 N–H and O–H groups in total. The lowest BCUT2D eigenvalue weighted by Gasteiger charge is -2.11. The van der Waals surface area contributed by atoms with Crippen molar-refractivity contribution in [3.8, 4) is 11.3 Å². The van der Waals surface area contributed by atoms with Crippen molar-refractivity contribution in [1.29, 1.82) is 0 Å². The lowest BCUT2D eigenvalue weighted by atomic mass is 10.1. The molecule has 0 spiro atoms. The molecule has 8 heteroatoms. The van der Waals surface area contributed by atoms with Gasteiger partial charge in [-0.25, -0.2) is 0 Å². The van der Waals surface area contributed by atoms with Crippen LogP contribution in [0.25, 0.3) is 11.3 Å². The molecule has 0 fully saturated rings. The van der Waals surface area contributed by atoms with E-state index in [1.54, 1.807) is 25.1 Å². The Morgan fingerprint density at radius 3 is 2.45 bits per heavy atom. The maximum absolute atomic E-state index is 12.4. The fourth-order valence-corrected chi connectivity index (χ4v) is 2.45. The highest BCUT2D eigenvalue weighted by atomic mass is 35.5. The van der Waals surface area contributed by atoms with Crippen molar-refractivity contribution in [3.05, 3.63) is 39.6 Å². The average Bonchev–Trinajstić information content (AvgIpc) is 2.80. The van der Waals surface area contributed by atoms with Crippen LogP contribution in [-0.4, -0.2) is 23.0 Å². The van der Waals surface area contributed by atoms with Crippen LogP contribution < -0.4 is 11.1 Å². The van der Waals surface area contributed by atoms with E-state index in [-0.39, 0.29) is 17.0 Å². The van der Waals surface area contributed by atoms with Crippen LogP contribution in [-0.2, 0) is 4.79 Å². The summed E-state index contributed by atoms with van der Waals surface area (Å²) in [4.78, 5) is 23.4. The molecule has 1 unspecified atom stereocenters. The maximum atomic E-state index is 12.4. The summed E-state index contributed by atoms with van der Waals surface area (Å²) in [6, 6.07) is 4.09.